The van der Waals surface area contributed by atoms with Crippen LogP contribution in [0.3, 0.4) is 0 Å². The first-order valence-electron chi connectivity index (χ1n) is 9.62. The lowest BCUT2D eigenvalue weighted by Gasteiger charge is -2.35. The lowest BCUT2D eigenvalue weighted by Crippen LogP contribution is -2.49. The molecule has 9 nitrogen and oxygen atoms in total. The quantitative estimate of drug-likeness (QED) is 0.714. The second kappa shape index (κ2) is 7.34. The molecule has 1 saturated heterocycles. The van der Waals surface area contributed by atoms with Crippen molar-refractivity contribution in [1.29, 1.82) is 0 Å². The highest BCUT2D eigenvalue weighted by molar-refractivity contribution is 7.12. The lowest BCUT2D eigenvalue weighted by molar-refractivity contribution is 0.0751. The molecule has 28 heavy (non-hydrogen) atoms. The SMILES string of the molecule is O=C(c1cccs1)N1CCN(c2nc3nonc3nc2NC2CCCC2)CC1. The van der Waals surface area contributed by atoms with Gasteiger partial charge in [-0.05, 0) is 34.6 Å². The Kier molecular flexibility index (Phi) is 4.55. The molecule has 2 aliphatic rings. The number of nitrogens with one attached hydrogen (secondary N) is 1. The summed E-state index contributed by atoms with van der Waals surface area (Å²) in [5, 5.41) is 13.2. The highest BCUT2D eigenvalue weighted by atomic mass is 32.1. The smallest absolute Gasteiger partial charge is 0.264 e. The van der Waals surface area contributed by atoms with E-state index in [9.17, 15) is 4.79 Å². The monoisotopic (exact) mass is 399 g/mol. The van der Waals surface area contributed by atoms with Crippen molar-refractivity contribution in [3.05, 3.63) is 22.4 Å². The summed E-state index contributed by atoms with van der Waals surface area (Å²) in [6.07, 6.45) is 4.74. The molecule has 3 aromatic heterocycles. The van der Waals surface area contributed by atoms with Crippen molar-refractivity contribution in [3.63, 3.8) is 0 Å². The maximum atomic E-state index is 12.6. The molecule has 10 heteroatoms. The number of thiophene rings is 1. The Balaban J connectivity index is 1.36. The highest BCUT2D eigenvalue weighted by Gasteiger charge is 2.27. The third kappa shape index (κ3) is 3.28. The molecule has 146 valence electrons. The van der Waals surface area contributed by atoms with Crippen molar-refractivity contribution in [2.24, 2.45) is 0 Å². The Labute approximate surface area is 165 Å². The zero-order valence-electron chi connectivity index (χ0n) is 15.4. The summed E-state index contributed by atoms with van der Waals surface area (Å²) in [6, 6.07) is 4.19. The molecule has 0 spiro atoms. The van der Waals surface area contributed by atoms with Crippen LogP contribution in [-0.2, 0) is 0 Å². The Bertz CT molecular complexity index is 960. The molecule has 2 fully saturated rings. The molecule has 1 aliphatic carbocycles. The zero-order valence-corrected chi connectivity index (χ0v) is 16.2. The Morgan fingerprint density at radius 2 is 1.86 bits per heavy atom. The normalized spacial score (nSPS) is 18.1. The number of nitrogens with zero attached hydrogens (tertiary/aromatic N) is 6. The molecule has 0 aromatic carbocycles. The van der Waals surface area contributed by atoms with Crippen molar-refractivity contribution >= 4 is 40.2 Å². The summed E-state index contributed by atoms with van der Waals surface area (Å²) in [4.78, 5) is 26.7. The average molecular weight is 399 g/mol. The van der Waals surface area contributed by atoms with E-state index in [0.717, 1.165) is 29.4 Å². The van der Waals surface area contributed by atoms with Gasteiger partial charge < -0.3 is 15.1 Å². The van der Waals surface area contributed by atoms with Crippen LogP contribution in [0, 0.1) is 0 Å². The number of aromatic nitrogens is 4. The van der Waals surface area contributed by atoms with Crippen molar-refractivity contribution in [2.75, 3.05) is 36.4 Å². The fraction of sp³-hybridized carbons (Fsp3) is 0.500. The number of hydrogen-bond donors (Lipinski definition) is 1. The van der Waals surface area contributed by atoms with Crippen molar-refractivity contribution in [3.8, 4) is 0 Å². The van der Waals surface area contributed by atoms with Crippen LogP contribution in [0.1, 0.15) is 35.4 Å². The average Bonchev–Trinajstić information content (AvgIpc) is 3.49. The number of carbonyl (C=O) groups is 1. The predicted octanol–water partition coefficient (Wildman–Crippen LogP) is 2.39. The molecule has 0 atom stereocenters. The molecule has 3 aromatic rings. The van der Waals surface area contributed by atoms with Gasteiger partial charge in [-0.15, -0.1) is 11.3 Å². The fourth-order valence-corrected chi connectivity index (χ4v) is 4.58. The van der Waals surface area contributed by atoms with Gasteiger partial charge in [-0.1, -0.05) is 18.9 Å². The number of piperazine rings is 1. The minimum Gasteiger partial charge on any atom is -0.364 e. The first-order chi connectivity index (χ1) is 13.8. The van der Waals surface area contributed by atoms with E-state index in [2.05, 4.69) is 30.5 Å². The molecule has 1 aliphatic heterocycles. The van der Waals surface area contributed by atoms with Crippen LogP contribution < -0.4 is 10.2 Å². The molecule has 4 heterocycles. The summed E-state index contributed by atoms with van der Waals surface area (Å²) in [5.41, 5.74) is 0.819. The van der Waals surface area contributed by atoms with Crippen molar-refractivity contribution < 1.29 is 9.42 Å². The van der Waals surface area contributed by atoms with Crippen LogP contribution in [-0.4, -0.2) is 63.3 Å². The van der Waals surface area contributed by atoms with Gasteiger partial charge in [0.1, 0.15) is 0 Å². The van der Waals surface area contributed by atoms with Gasteiger partial charge in [0.05, 0.1) is 4.88 Å². The van der Waals surface area contributed by atoms with Crippen molar-refractivity contribution in [1.82, 2.24) is 25.2 Å². The largest absolute Gasteiger partial charge is 0.364 e. The number of carbonyl (C=O) groups excluding carboxylic acids is 1. The molecule has 1 N–H and O–H groups in total. The van der Waals surface area contributed by atoms with E-state index >= 15 is 0 Å². The Morgan fingerprint density at radius 1 is 1.11 bits per heavy atom. The number of amides is 1. The van der Waals surface area contributed by atoms with E-state index in [0.29, 0.717) is 43.5 Å². The minimum atomic E-state index is 0.0983. The zero-order chi connectivity index (χ0) is 18.9. The Hall–Kier alpha value is -2.75. The number of fused-ring (bicyclic) bond motifs is 1. The van der Waals surface area contributed by atoms with Gasteiger partial charge >= 0.3 is 0 Å². The molecular weight excluding hydrogens is 378 g/mol. The molecule has 5 rings (SSSR count). The van der Waals surface area contributed by atoms with Crippen LogP contribution in [0.25, 0.3) is 11.3 Å². The number of hydrogen-bond acceptors (Lipinski definition) is 9. The molecule has 1 saturated carbocycles. The van der Waals surface area contributed by atoms with Gasteiger partial charge in [0, 0.05) is 32.2 Å². The van der Waals surface area contributed by atoms with E-state index in [1.54, 1.807) is 0 Å². The Morgan fingerprint density at radius 3 is 2.57 bits per heavy atom. The van der Waals surface area contributed by atoms with E-state index in [1.165, 1.54) is 24.2 Å². The number of rotatable bonds is 4. The molecule has 1 amide bonds. The molecule has 0 radical (unpaired) electrons. The second-order valence-electron chi connectivity index (χ2n) is 7.19. The summed E-state index contributed by atoms with van der Waals surface area (Å²) >= 11 is 1.48. The second-order valence-corrected chi connectivity index (χ2v) is 8.14. The highest BCUT2D eigenvalue weighted by Crippen LogP contribution is 2.29. The van der Waals surface area contributed by atoms with E-state index in [-0.39, 0.29) is 5.91 Å². The van der Waals surface area contributed by atoms with Crippen LogP contribution in [0.4, 0.5) is 11.6 Å². The standard InChI is InChI=1S/C18H21N7O2S/c26-18(13-6-3-11-28-13)25-9-7-24(8-10-25)17-16(19-12-4-1-2-5-12)20-14-15(21-17)23-27-22-14/h3,6,11-12H,1-2,4-5,7-10H2,(H,19,20,22). The summed E-state index contributed by atoms with van der Waals surface area (Å²) < 4.78 is 4.80. The van der Waals surface area contributed by atoms with Gasteiger partial charge in [0.25, 0.3) is 5.91 Å². The van der Waals surface area contributed by atoms with Crippen LogP contribution >= 0.6 is 11.3 Å². The number of anilines is 2. The summed E-state index contributed by atoms with van der Waals surface area (Å²) in [7, 11) is 0. The van der Waals surface area contributed by atoms with Gasteiger partial charge in [-0.2, -0.15) is 0 Å². The lowest BCUT2D eigenvalue weighted by atomic mass is 10.2. The van der Waals surface area contributed by atoms with E-state index < -0.39 is 0 Å². The van der Waals surface area contributed by atoms with Gasteiger partial charge in [-0.25, -0.2) is 14.6 Å². The first kappa shape index (κ1) is 17.4. The third-order valence-electron chi connectivity index (χ3n) is 5.39. The maximum Gasteiger partial charge on any atom is 0.264 e. The molecular formula is C18H21N7O2S. The van der Waals surface area contributed by atoms with Crippen LogP contribution in [0.2, 0.25) is 0 Å². The topological polar surface area (TPSA) is 100 Å². The van der Waals surface area contributed by atoms with Gasteiger partial charge in [0.15, 0.2) is 11.6 Å². The summed E-state index contributed by atoms with van der Waals surface area (Å²) in [6.45, 7) is 2.69. The minimum absolute atomic E-state index is 0.0983. The van der Waals surface area contributed by atoms with Gasteiger partial charge in [0.2, 0.25) is 11.3 Å². The predicted molar refractivity (Wildman–Crippen MR) is 106 cm³/mol. The fourth-order valence-electron chi connectivity index (χ4n) is 3.89. The molecule has 0 unspecified atom stereocenters. The van der Waals surface area contributed by atoms with Crippen LogP contribution in [0.15, 0.2) is 22.1 Å². The molecule has 0 bridgehead atoms. The first-order valence-corrected chi connectivity index (χ1v) is 10.5. The van der Waals surface area contributed by atoms with Crippen LogP contribution in [0.5, 0.6) is 0 Å². The van der Waals surface area contributed by atoms with Gasteiger partial charge in [-0.3, -0.25) is 4.79 Å². The van der Waals surface area contributed by atoms with Crippen molar-refractivity contribution in [2.45, 2.75) is 31.7 Å². The third-order valence-corrected chi connectivity index (χ3v) is 6.25. The summed E-state index contributed by atoms with van der Waals surface area (Å²) in [5.74, 6) is 1.59. The maximum absolute atomic E-state index is 12.6. The van der Waals surface area contributed by atoms with E-state index in [4.69, 9.17) is 4.63 Å². The van der Waals surface area contributed by atoms with E-state index in [1.807, 2.05) is 22.4 Å².